The van der Waals surface area contributed by atoms with Gasteiger partial charge in [0.2, 0.25) is 0 Å². The third kappa shape index (κ3) is 7.88. The van der Waals surface area contributed by atoms with E-state index in [0.717, 1.165) is 22.8 Å². The Labute approximate surface area is 189 Å². The molecule has 0 bridgehead atoms. The predicted octanol–water partition coefficient (Wildman–Crippen LogP) is 3.12. The average molecular weight is 515 g/mol. The van der Waals surface area contributed by atoms with Crippen LogP contribution in [0.5, 0.6) is 23.0 Å². The number of halogens is 1. The number of methoxy groups -OCH3 is 3. The number of guanidine groups is 1. The number of nitrogens with zero attached hydrogens (tertiary/aromatic N) is 1. The molecule has 0 fully saturated rings. The first kappa shape index (κ1) is 24.7. The van der Waals surface area contributed by atoms with Crippen molar-refractivity contribution in [1.29, 1.82) is 0 Å². The third-order valence-corrected chi connectivity index (χ3v) is 4.11. The van der Waals surface area contributed by atoms with Crippen LogP contribution < -0.4 is 29.6 Å². The van der Waals surface area contributed by atoms with E-state index in [1.54, 1.807) is 28.4 Å². The maximum atomic E-state index is 5.67. The Kier molecular flexibility index (Phi) is 11.7. The molecule has 0 aliphatic heterocycles. The van der Waals surface area contributed by atoms with Crippen molar-refractivity contribution < 1.29 is 18.9 Å². The van der Waals surface area contributed by atoms with E-state index in [-0.39, 0.29) is 24.0 Å². The van der Waals surface area contributed by atoms with Gasteiger partial charge in [-0.1, -0.05) is 18.2 Å². The van der Waals surface area contributed by atoms with E-state index in [4.69, 9.17) is 18.9 Å². The Morgan fingerprint density at radius 3 is 2.03 bits per heavy atom. The Morgan fingerprint density at radius 2 is 1.48 bits per heavy atom. The highest BCUT2D eigenvalue weighted by Gasteiger charge is 2.13. The van der Waals surface area contributed by atoms with Crippen molar-refractivity contribution in [3.63, 3.8) is 0 Å². The van der Waals surface area contributed by atoms with E-state index in [2.05, 4.69) is 15.6 Å². The molecule has 0 heterocycles. The summed E-state index contributed by atoms with van der Waals surface area (Å²) in [4.78, 5) is 4.23. The maximum Gasteiger partial charge on any atom is 0.191 e. The van der Waals surface area contributed by atoms with Crippen LogP contribution in [0.3, 0.4) is 0 Å². The van der Waals surface area contributed by atoms with Gasteiger partial charge in [-0.15, -0.1) is 24.0 Å². The van der Waals surface area contributed by atoms with Gasteiger partial charge in [-0.3, -0.25) is 4.99 Å². The smallest absolute Gasteiger partial charge is 0.191 e. The molecule has 0 aliphatic rings. The molecule has 0 atom stereocenters. The van der Waals surface area contributed by atoms with Gasteiger partial charge >= 0.3 is 0 Å². The van der Waals surface area contributed by atoms with E-state index in [1.165, 1.54) is 0 Å². The van der Waals surface area contributed by atoms with Crippen molar-refractivity contribution in [3.05, 3.63) is 48.0 Å². The number of rotatable bonds is 10. The minimum absolute atomic E-state index is 0. The first-order chi connectivity index (χ1) is 13.7. The molecule has 2 rings (SSSR count). The van der Waals surface area contributed by atoms with Crippen molar-refractivity contribution in [1.82, 2.24) is 10.6 Å². The molecule has 0 amide bonds. The van der Waals surface area contributed by atoms with E-state index >= 15 is 0 Å². The zero-order valence-corrected chi connectivity index (χ0v) is 19.7. The summed E-state index contributed by atoms with van der Waals surface area (Å²) in [6.07, 6.45) is 0.706. The molecule has 0 saturated heterocycles. The van der Waals surface area contributed by atoms with Crippen LogP contribution in [0.4, 0.5) is 0 Å². The maximum absolute atomic E-state index is 5.67. The molecule has 160 valence electrons. The lowest BCUT2D eigenvalue weighted by Crippen LogP contribution is -2.40. The number of hydrogen-bond donors (Lipinski definition) is 2. The van der Waals surface area contributed by atoms with Gasteiger partial charge in [-0.25, -0.2) is 0 Å². The molecule has 2 N–H and O–H groups in total. The van der Waals surface area contributed by atoms with E-state index in [0.29, 0.717) is 37.8 Å². The van der Waals surface area contributed by atoms with Crippen LogP contribution in [0.25, 0.3) is 0 Å². The Balaban J connectivity index is 0.00000420. The van der Waals surface area contributed by atoms with Gasteiger partial charge in [0.05, 0.1) is 27.9 Å². The number of aliphatic imine (C=N–C) groups is 1. The van der Waals surface area contributed by atoms with Crippen LogP contribution in [0.1, 0.15) is 5.56 Å². The molecule has 7 nitrogen and oxygen atoms in total. The van der Waals surface area contributed by atoms with Gasteiger partial charge in [0.15, 0.2) is 5.96 Å². The Morgan fingerprint density at radius 1 is 0.862 bits per heavy atom. The molecular weight excluding hydrogens is 485 g/mol. The van der Waals surface area contributed by atoms with Gasteiger partial charge in [-0.05, 0) is 18.6 Å². The second-order valence-electron chi connectivity index (χ2n) is 5.85. The monoisotopic (exact) mass is 515 g/mol. The molecule has 0 radical (unpaired) electrons. The molecule has 0 spiro atoms. The zero-order valence-electron chi connectivity index (χ0n) is 17.4. The van der Waals surface area contributed by atoms with Crippen molar-refractivity contribution in [2.24, 2.45) is 4.99 Å². The fourth-order valence-electron chi connectivity index (χ4n) is 2.71. The molecule has 29 heavy (non-hydrogen) atoms. The summed E-state index contributed by atoms with van der Waals surface area (Å²) >= 11 is 0. The highest BCUT2D eigenvalue weighted by molar-refractivity contribution is 14.0. The fraction of sp³-hybridized carbons (Fsp3) is 0.381. The van der Waals surface area contributed by atoms with E-state index < -0.39 is 0 Å². The highest BCUT2D eigenvalue weighted by atomic mass is 127. The number of hydrogen-bond acceptors (Lipinski definition) is 5. The largest absolute Gasteiger partial charge is 0.496 e. The normalized spacial score (nSPS) is 10.6. The van der Waals surface area contributed by atoms with Crippen LogP contribution in [-0.2, 0) is 6.42 Å². The summed E-state index contributed by atoms with van der Waals surface area (Å²) in [6.45, 7) is 1.85. The van der Waals surface area contributed by atoms with Gasteiger partial charge in [0, 0.05) is 31.3 Å². The Bertz CT molecular complexity index is 732. The first-order valence-corrected chi connectivity index (χ1v) is 9.13. The number of benzene rings is 2. The van der Waals surface area contributed by atoms with Gasteiger partial charge in [0.1, 0.15) is 29.6 Å². The second kappa shape index (κ2) is 13.8. The van der Waals surface area contributed by atoms with Gasteiger partial charge in [-0.2, -0.15) is 0 Å². The molecule has 8 heteroatoms. The SMILES string of the molecule is CN=C(NCCOc1ccccc1)NCCc1c(OC)cc(OC)cc1OC.I. The molecule has 0 saturated carbocycles. The summed E-state index contributed by atoms with van der Waals surface area (Å²) < 4.78 is 21.9. The van der Waals surface area contributed by atoms with Gasteiger partial charge < -0.3 is 29.6 Å². The summed E-state index contributed by atoms with van der Waals surface area (Å²) in [7, 11) is 6.63. The molecule has 0 aromatic heterocycles. The van der Waals surface area contributed by atoms with Crippen molar-refractivity contribution >= 4 is 29.9 Å². The van der Waals surface area contributed by atoms with E-state index in [1.807, 2.05) is 42.5 Å². The number of para-hydroxylation sites is 1. The minimum atomic E-state index is 0. The highest BCUT2D eigenvalue weighted by Crippen LogP contribution is 2.34. The Hall–Kier alpha value is -2.36. The molecule has 0 aliphatic carbocycles. The average Bonchev–Trinajstić information content (AvgIpc) is 2.75. The van der Waals surface area contributed by atoms with Crippen LogP contribution in [0.15, 0.2) is 47.5 Å². The van der Waals surface area contributed by atoms with E-state index in [9.17, 15) is 0 Å². The number of nitrogens with one attached hydrogen (secondary N) is 2. The van der Waals surface area contributed by atoms with Gasteiger partial charge in [0.25, 0.3) is 0 Å². The van der Waals surface area contributed by atoms with Crippen molar-refractivity contribution in [2.45, 2.75) is 6.42 Å². The zero-order chi connectivity index (χ0) is 20.2. The van der Waals surface area contributed by atoms with Crippen LogP contribution >= 0.6 is 24.0 Å². The van der Waals surface area contributed by atoms with Crippen molar-refractivity contribution in [2.75, 3.05) is 48.1 Å². The third-order valence-electron chi connectivity index (χ3n) is 4.11. The topological polar surface area (TPSA) is 73.3 Å². The van der Waals surface area contributed by atoms with Crippen LogP contribution in [-0.4, -0.2) is 54.0 Å². The van der Waals surface area contributed by atoms with Crippen molar-refractivity contribution in [3.8, 4) is 23.0 Å². The first-order valence-electron chi connectivity index (χ1n) is 9.13. The van der Waals surface area contributed by atoms with Crippen LogP contribution in [0.2, 0.25) is 0 Å². The predicted molar refractivity (Wildman–Crippen MR) is 127 cm³/mol. The molecule has 0 unspecified atom stereocenters. The number of ether oxygens (including phenoxy) is 4. The quantitative estimate of drug-likeness (QED) is 0.219. The molecule has 2 aromatic rings. The lowest BCUT2D eigenvalue weighted by atomic mass is 10.1. The lowest BCUT2D eigenvalue weighted by Gasteiger charge is -2.16. The van der Waals surface area contributed by atoms with Crippen LogP contribution in [0, 0.1) is 0 Å². The fourth-order valence-corrected chi connectivity index (χ4v) is 2.71. The lowest BCUT2D eigenvalue weighted by molar-refractivity contribution is 0.322. The summed E-state index contributed by atoms with van der Waals surface area (Å²) in [6, 6.07) is 13.4. The molecular formula is C21H30IN3O4. The standard InChI is InChI=1S/C21H29N3O4.HI/c1-22-21(24-12-13-28-16-8-6-5-7-9-16)23-11-10-18-19(26-3)14-17(25-2)15-20(18)27-4;/h5-9,14-15H,10-13H2,1-4H3,(H2,22,23,24);1H. The molecule has 2 aromatic carbocycles. The summed E-state index contributed by atoms with van der Waals surface area (Å²) in [5, 5.41) is 6.52. The minimum Gasteiger partial charge on any atom is -0.496 e. The summed E-state index contributed by atoms with van der Waals surface area (Å²) in [5.41, 5.74) is 0.973. The second-order valence-corrected chi connectivity index (χ2v) is 5.85. The summed E-state index contributed by atoms with van der Waals surface area (Å²) in [5.74, 6) is 3.73.